The number of Topliss-reactive ketones (excluding diaryl/α,β-unsaturated/α-hetero) is 1. The topological polar surface area (TPSA) is 26.3 Å². The highest BCUT2D eigenvalue weighted by Gasteiger charge is 2.21. The summed E-state index contributed by atoms with van der Waals surface area (Å²) in [4.78, 5) is 12.1. The molecule has 0 N–H and O–H groups in total. The SMILES string of the molecule is COC(C(=O)c1ccsc1)c1ccccc1. The Kier molecular flexibility index (Phi) is 3.49. The zero-order valence-corrected chi connectivity index (χ0v) is 9.74. The average Bonchev–Trinajstić information content (AvgIpc) is 2.85. The number of carbonyl (C=O) groups excluding carboxylic acids is 1. The Morgan fingerprint density at radius 1 is 1.25 bits per heavy atom. The molecular formula is C13H12O2S. The van der Waals surface area contributed by atoms with Crippen LogP contribution in [0.15, 0.2) is 47.2 Å². The fourth-order valence-electron chi connectivity index (χ4n) is 1.58. The van der Waals surface area contributed by atoms with Gasteiger partial charge >= 0.3 is 0 Å². The third-order valence-corrected chi connectivity index (χ3v) is 3.07. The molecule has 82 valence electrons. The molecule has 0 saturated heterocycles. The predicted molar refractivity (Wildman–Crippen MR) is 64.8 cm³/mol. The van der Waals surface area contributed by atoms with Crippen molar-refractivity contribution in [1.82, 2.24) is 0 Å². The highest BCUT2D eigenvalue weighted by molar-refractivity contribution is 7.08. The van der Waals surface area contributed by atoms with Crippen LogP contribution in [0.2, 0.25) is 0 Å². The molecule has 0 aliphatic rings. The Labute approximate surface area is 98.5 Å². The number of methoxy groups -OCH3 is 1. The summed E-state index contributed by atoms with van der Waals surface area (Å²) in [5.41, 5.74) is 1.60. The van der Waals surface area contributed by atoms with Crippen LogP contribution in [0.1, 0.15) is 22.0 Å². The van der Waals surface area contributed by atoms with E-state index >= 15 is 0 Å². The van der Waals surface area contributed by atoms with Crippen LogP contribution in [-0.2, 0) is 4.74 Å². The van der Waals surface area contributed by atoms with Crippen molar-refractivity contribution < 1.29 is 9.53 Å². The molecule has 2 nitrogen and oxygen atoms in total. The number of hydrogen-bond donors (Lipinski definition) is 0. The highest BCUT2D eigenvalue weighted by atomic mass is 32.1. The largest absolute Gasteiger partial charge is 0.369 e. The molecule has 0 bridgehead atoms. The first-order valence-corrected chi connectivity index (χ1v) is 5.91. The van der Waals surface area contributed by atoms with E-state index in [1.165, 1.54) is 11.3 Å². The van der Waals surface area contributed by atoms with Gasteiger partial charge in [0.05, 0.1) is 0 Å². The van der Waals surface area contributed by atoms with E-state index in [9.17, 15) is 4.79 Å². The van der Waals surface area contributed by atoms with Crippen molar-refractivity contribution >= 4 is 17.1 Å². The minimum atomic E-state index is -0.504. The number of rotatable bonds is 4. The van der Waals surface area contributed by atoms with Gasteiger partial charge in [-0.15, -0.1) is 0 Å². The number of carbonyl (C=O) groups is 1. The van der Waals surface area contributed by atoms with Crippen LogP contribution in [0, 0.1) is 0 Å². The molecule has 1 unspecified atom stereocenters. The maximum absolute atomic E-state index is 12.1. The fourth-order valence-corrected chi connectivity index (χ4v) is 2.22. The number of ether oxygens (including phenoxy) is 1. The molecule has 0 saturated carbocycles. The van der Waals surface area contributed by atoms with Crippen LogP contribution in [0.4, 0.5) is 0 Å². The van der Waals surface area contributed by atoms with E-state index in [1.807, 2.05) is 47.2 Å². The number of ketones is 1. The van der Waals surface area contributed by atoms with Crippen molar-refractivity contribution in [3.05, 3.63) is 58.3 Å². The zero-order valence-electron chi connectivity index (χ0n) is 8.92. The summed E-state index contributed by atoms with van der Waals surface area (Å²) in [7, 11) is 1.56. The van der Waals surface area contributed by atoms with Gasteiger partial charge in [-0.05, 0) is 17.0 Å². The van der Waals surface area contributed by atoms with Crippen LogP contribution >= 0.6 is 11.3 Å². The minimum Gasteiger partial charge on any atom is -0.369 e. The van der Waals surface area contributed by atoms with Crippen molar-refractivity contribution in [1.29, 1.82) is 0 Å². The molecule has 1 aromatic heterocycles. The lowest BCUT2D eigenvalue weighted by Gasteiger charge is -2.13. The van der Waals surface area contributed by atoms with Crippen molar-refractivity contribution in [2.24, 2.45) is 0 Å². The summed E-state index contributed by atoms with van der Waals surface area (Å²) >= 11 is 1.51. The van der Waals surface area contributed by atoms with E-state index in [1.54, 1.807) is 7.11 Å². The monoisotopic (exact) mass is 232 g/mol. The first-order chi connectivity index (χ1) is 7.83. The minimum absolute atomic E-state index is 0.00921. The van der Waals surface area contributed by atoms with Gasteiger partial charge in [-0.3, -0.25) is 4.79 Å². The van der Waals surface area contributed by atoms with Crippen LogP contribution in [0.5, 0.6) is 0 Å². The Morgan fingerprint density at radius 2 is 2.00 bits per heavy atom. The molecule has 3 heteroatoms. The maximum atomic E-state index is 12.1. The van der Waals surface area contributed by atoms with E-state index in [0.717, 1.165) is 5.56 Å². The third kappa shape index (κ3) is 2.21. The summed E-state index contributed by atoms with van der Waals surface area (Å²) < 4.78 is 5.28. The normalized spacial score (nSPS) is 12.3. The summed E-state index contributed by atoms with van der Waals surface area (Å²) in [5, 5.41) is 3.74. The summed E-state index contributed by atoms with van der Waals surface area (Å²) in [5.74, 6) is 0.00921. The second-order valence-corrected chi connectivity index (χ2v) is 4.18. The van der Waals surface area contributed by atoms with Gasteiger partial charge in [0.25, 0.3) is 0 Å². The second-order valence-electron chi connectivity index (χ2n) is 3.40. The van der Waals surface area contributed by atoms with Crippen LogP contribution < -0.4 is 0 Å². The molecule has 1 atom stereocenters. The molecule has 0 spiro atoms. The Balaban J connectivity index is 2.27. The van der Waals surface area contributed by atoms with Crippen molar-refractivity contribution in [3.63, 3.8) is 0 Å². The summed E-state index contributed by atoms with van der Waals surface area (Å²) in [6, 6.07) is 11.4. The first-order valence-electron chi connectivity index (χ1n) is 4.97. The van der Waals surface area contributed by atoms with Gasteiger partial charge in [0.15, 0.2) is 5.78 Å². The van der Waals surface area contributed by atoms with E-state index in [0.29, 0.717) is 5.56 Å². The van der Waals surface area contributed by atoms with Crippen molar-refractivity contribution in [2.45, 2.75) is 6.10 Å². The Morgan fingerprint density at radius 3 is 2.56 bits per heavy atom. The van der Waals surface area contributed by atoms with Gasteiger partial charge < -0.3 is 4.74 Å². The lowest BCUT2D eigenvalue weighted by Crippen LogP contribution is -2.14. The lowest BCUT2D eigenvalue weighted by molar-refractivity contribution is 0.0605. The lowest BCUT2D eigenvalue weighted by atomic mass is 10.0. The van der Waals surface area contributed by atoms with Crippen LogP contribution in [-0.4, -0.2) is 12.9 Å². The highest BCUT2D eigenvalue weighted by Crippen LogP contribution is 2.22. The van der Waals surface area contributed by atoms with Crippen LogP contribution in [0.25, 0.3) is 0 Å². The van der Waals surface area contributed by atoms with Crippen LogP contribution in [0.3, 0.4) is 0 Å². The van der Waals surface area contributed by atoms with Gasteiger partial charge in [-0.25, -0.2) is 0 Å². The summed E-state index contributed by atoms with van der Waals surface area (Å²) in [6.45, 7) is 0. The molecule has 16 heavy (non-hydrogen) atoms. The van der Waals surface area contributed by atoms with Gasteiger partial charge in [-0.2, -0.15) is 11.3 Å². The average molecular weight is 232 g/mol. The molecule has 0 fully saturated rings. The number of hydrogen-bond acceptors (Lipinski definition) is 3. The predicted octanol–water partition coefficient (Wildman–Crippen LogP) is 3.32. The van der Waals surface area contributed by atoms with E-state index in [2.05, 4.69) is 0 Å². The molecule has 0 radical (unpaired) electrons. The number of thiophene rings is 1. The molecule has 1 aromatic carbocycles. The molecule has 0 amide bonds. The molecule has 0 aliphatic heterocycles. The molecule has 2 rings (SSSR count). The molecule has 1 heterocycles. The van der Waals surface area contributed by atoms with Crippen molar-refractivity contribution in [3.8, 4) is 0 Å². The van der Waals surface area contributed by atoms with Crippen molar-refractivity contribution in [2.75, 3.05) is 7.11 Å². The fraction of sp³-hybridized carbons (Fsp3) is 0.154. The maximum Gasteiger partial charge on any atom is 0.196 e. The Bertz CT molecular complexity index is 448. The van der Waals surface area contributed by atoms with Gasteiger partial charge in [0.1, 0.15) is 6.10 Å². The van der Waals surface area contributed by atoms with Gasteiger partial charge in [0, 0.05) is 18.1 Å². The summed E-state index contributed by atoms with van der Waals surface area (Å²) in [6.07, 6.45) is -0.504. The first kappa shape index (κ1) is 11.0. The van der Waals surface area contributed by atoms with Gasteiger partial charge in [-0.1, -0.05) is 30.3 Å². The smallest absolute Gasteiger partial charge is 0.196 e. The van der Waals surface area contributed by atoms with Gasteiger partial charge in [0.2, 0.25) is 0 Å². The van der Waals surface area contributed by atoms with E-state index in [4.69, 9.17) is 4.74 Å². The quantitative estimate of drug-likeness (QED) is 0.756. The number of benzene rings is 1. The zero-order chi connectivity index (χ0) is 11.4. The van der Waals surface area contributed by atoms with E-state index in [-0.39, 0.29) is 5.78 Å². The molecule has 2 aromatic rings. The Hall–Kier alpha value is -1.45. The molecular weight excluding hydrogens is 220 g/mol. The van der Waals surface area contributed by atoms with E-state index < -0.39 is 6.10 Å². The second kappa shape index (κ2) is 5.05. The third-order valence-electron chi connectivity index (χ3n) is 2.38. The standard InChI is InChI=1S/C13H12O2S/c1-15-13(10-5-3-2-4-6-10)12(14)11-7-8-16-9-11/h2-9,13H,1H3. The molecule has 0 aliphatic carbocycles.